The Hall–Kier alpha value is -1.52. The molecule has 3 rings (SSSR count). The number of hydrogen-bond acceptors (Lipinski definition) is 6. The molecule has 1 aromatic carbocycles. The van der Waals surface area contributed by atoms with E-state index in [-0.39, 0.29) is 18.9 Å². The van der Waals surface area contributed by atoms with Gasteiger partial charge in [0.15, 0.2) is 0 Å². The van der Waals surface area contributed by atoms with Gasteiger partial charge in [0.25, 0.3) is 0 Å². The molecule has 0 aliphatic carbocycles. The number of nitrogens with one attached hydrogen (secondary N) is 1. The average molecular weight is 466 g/mol. The second-order valence-electron chi connectivity index (χ2n) is 9.15. The summed E-state index contributed by atoms with van der Waals surface area (Å²) in [5, 5.41) is 3.24. The van der Waals surface area contributed by atoms with E-state index in [0.717, 1.165) is 44.8 Å². The number of carbonyl (C=O) groups excluding carboxylic acids is 1. The van der Waals surface area contributed by atoms with Gasteiger partial charge in [-0.15, -0.1) is 0 Å². The van der Waals surface area contributed by atoms with Crippen LogP contribution < -0.4 is 5.32 Å². The molecule has 0 radical (unpaired) electrons. The van der Waals surface area contributed by atoms with E-state index in [0.29, 0.717) is 37.0 Å². The minimum absolute atomic E-state index is 0.0291. The second kappa shape index (κ2) is 11.6. The Labute approximate surface area is 193 Å². The van der Waals surface area contributed by atoms with Gasteiger partial charge < -0.3 is 15.1 Å². The number of piperazine rings is 2. The normalized spacial score (nSPS) is 19.1. The van der Waals surface area contributed by atoms with Crippen LogP contribution in [0, 0.1) is 0 Å². The van der Waals surface area contributed by atoms with E-state index in [4.69, 9.17) is 0 Å². The quantitative estimate of drug-likeness (QED) is 0.583. The van der Waals surface area contributed by atoms with Crippen LogP contribution in [-0.2, 0) is 14.8 Å². The molecule has 9 heteroatoms. The molecule has 2 saturated heterocycles. The van der Waals surface area contributed by atoms with Crippen LogP contribution in [0.4, 0.5) is 0 Å². The fourth-order valence-electron chi connectivity index (χ4n) is 4.14. The van der Waals surface area contributed by atoms with Crippen LogP contribution in [0.15, 0.2) is 29.2 Å². The van der Waals surface area contributed by atoms with E-state index in [2.05, 4.69) is 36.0 Å². The summed E-state index contributed by atoms with van der Waals surface area (Å²) < 4.78 is 28.5. The minimum Gasteiger partial charge on any atom is -0.340 e. The smallest absolute Gasteiger partial charge is 0.243 e. The Balaban J connectivity index is 1.69. The van der Waals surface area contributed by atoms with Gasteiger partial charge in [-0.3, -0.25) is 9.69 Å². The van der Waals surface area contributed by atoms with E-state index in [1.54, 1.807) is 12.1 Å². The highest BCUT2D eigenvalue weighted by Crippen LogP contribution is 2.21. The van der Waals surface area contributed by atoms with Crippen LogP contribution >= 0.6 is 0 Å². The summed E-state index contributed by atoms with van der Waals surface area (Å²) in [6, 6.07) is 7.18. The number of likely N-dealkylation sites (N-methyl/N-ethyl adjacent to an activating group) is 1. The van der Waals surface area contributed by atoms with E-state index >= 15 is 0 Å². The highest BCUT2D eigenvalue weighted by molar-refractivity contribution is 7.89. The Bertz CT molecular complexity index is 830. The number of carbonyl (C=O) groups is 1. The van der Waals surface area contributed by atoms with Crippen LogP contribution in [0.3, 0.4) is 0 Å². The largest absolute Gasteiger partial charge is 0.340 e. The van der Waals surface area contributed by atoms with E-state index < -0.39 is 10.0 Å². The highest BCUT2D eigenvalue weighted by atomic mass is 32.2. The molecule has 0 unspecified atom stereocenters. The van der Waals surface area contributed by atoms with Gasteiger partial charge in [0, 0.05) is 78.4 Å². The van der Waals surface area contributed by atoms with Crippen molar-refractivity contribution >= 4 is 15.9 Å². The molecule has 0 spiro atoms. The standard InChI is InChI=1S/C23H39N5O3S/c1-20(2)21-4-6-22(7-5-21)32(30,31)28(19-18-26-16-14-25(3)15-17-26)11-8-23(29)27-12-9-24-10-13-27/h4-7,20,24H,8-19H2,1-3H3. The number of hydrogen-bond donors (Lipinski definition) is 1. The number of benzene rings is 1. The molecule has 32 heavy (non-hydrogen) atoms. The summed E-state index contributed by atoms with van der Waals surface area (Å²) in [7, 11) is -1.56. The highest BCUT2D eigenvalue weighted by Gasteiger charge is 2.27. The topological polar surface area (TPSA) is 76.2 Å². The summed E-state index contributed by atoms with van der Waals surface area (Å²) >= 11 is 0. The zero-order valence-electron chi connectivity index (χ0n) is 19.8. The number of sulfonamides is 1. The van der Waals surface area contributed by atoms with Gasteiger partial charge in [-0.05, 0) is 30.7 Å². The molecule has 2 aliphatic heterocycles. The lowest BCUT2D eigenvalue weighted by molar-refractivity contribution is -0.131. The van der Waals surface area contributed by atoms with Crippen LogP contribution in [0.1, 0.15) is 31.7 Å². The zero-order chi connectivity index (χ0) is 23.1. The minimum atomic E-state index is -3.67. The lowest BCUT2D eigenvalue weighted by Crippen LogP contribution is -2.49. The summed E-state index contributed by atoms with van der Waals surface area (Å²) in [5.41, 5.74) is 1.11. The third kappa shape index (κ3) is 6.74. The zero-order valence-corrected chi connectivity index (χ0v) is 20.6. The van der Waals surface area contributed by atoms with Crippen molar-refractivity contribution in [2.75, 3.05) is 79.0 Å². The third-order valence-corrected chi connectivity index (χ3v) is 8.40. The Morgan fingerprint density at radius 3 is 2.22 bits per heavy atom. The maximum atomic E-state index is 13.5. The van der Waals surface area contributed by atoms with Crippen molar-refractivity contribution in [3.63, 3.8) is 0 Å². The van der Waals surface area contributed by atoms with Gasteiger partial charge in [0.2, 0.25) is 15.9 Å². The van der Waals surface area contributed by atoms with Gasteiger partial charge in [0.1, 0.15) is 0 Å². The van der Waals surface area contributed by atoms with Crippen LogP contribution in [-0.4, -0.2) is 112 Å². The molecule has 0 atom stereocenters. The Morgan fingerprint density at radius 1 is 1.00 bits per heavy atom. The number of amides is 1. The average Bonchev–Trinajstić information content (AvgIpc) is 2.80. The summed E-state index contributed by atoms with van der Waals surface area (Å²) in [6.45, 7) is 12.3. The van der Waals surface area contributed by atoms with Crippen molar-refractivity contribution in [1.29, 1.82) is 0 Å². The summed E-state index contributed by atoms with van der Waals surface area (Å²) in [4.78, 5) is 19.4. The van der Waals surface area contributed by atoms with E-state index in [1.165, 1.54) is 4.31 Å². The molecule has 0 aromatic heterocycles. The first kappa shape index (κ1) is 25.1. The van der Waals surface area contributed by atoms with Gasteiger partial charge in [0.05, 0.1) is 4.90 Å². The fraction of sp³-hybridized carbons (Fsp3) is 0.696. The van der Waals surface area contributed by atoms with Crippen molar-refractivity contribution < 1.29 is 13.2 Å². The molecule has 2 heterocycles. The molecule has 1 N–H and O–H groups in total. The van der Waals surface area contributed by atoms with Gasteiger partial charge in [-0.25, -0.2) is 8.42 Å². The van der Waals surface area contributed by atoms with Crippen molar-refractivity contribution in [3.05, 3.63) is 29.8 Å². The molecular weight excluding hydrogens is 426 g/mol. The maximum absolute atomic E-state index is 13.5. The first-order valence-electron chi connectivity index (χ1n) is 11.8. The second-order valence-corrected chi connectivity index (χ2v) is 11.1. The summed E-state index contributed by atoms with van der Waals surface area (Å²) in [6.07, 6.45) is 0.214. The molecule has 180 valence electrons. The maximum Gasteiger partial charge on any atom is 0.243 e. The van der Waals surface area contributed by atoms with Crippen molar-refractivity contribution in [2.24, 2.45) is 0 Å². The predicted molar refractivity (Wildman–Crippen MR) is 127 cm³/mol. The Kier molecular flexibility index (Phi) is 9.07. The van der Waals surface area contributed by atoms with Crippen molar-refractivity contribution in [3.8, 4) is 0 Å². The summed E-state index contributed by atoms with van der Waals surface area (Å²) in [5.74, 6) is 0.373. The first-order chi connectivity index (χ1) is 15.3. The number of nitrogens with zero attached hydrogens (tertiary/aromatic N) is 4. The van der Waals surface area contributed by atoms with Crippen LogP contribution in [0.25, 0.3) is 0 Å². The SMILES string of the molecule is CC(C)c1ccc(S(=O)(=O)N(CCC(=O)N2CCNCC2)CCN2CCN(C)CC2)cc1. The molecule has 1 amide bonds. The van der Waals surface area contributed by atoms with Crippen molar-refractivity contribution in [1.82, 2.24) is 24.3 Å². The molecule has 0 saturated carbocycles. The number of rotatable bonds is 9. The lowest BCUT2D eigenvalue weighted by Gasteiger charge is -2.34. The molecule has 2 fully saturated rings. The third-order valence-electron chi connectivity index (χ3n) is 6.49. The molecule has 8 nitrogen and oxygen atoms in total. The molecular formula is C23H39N5O3S. The monoisotopic (exact) mass is 465 g/mol. The molecule has 1 aromatic rings. The predicted octanol–water partition coefficient (Wildman–Crippen LogP) is 0.870. The fourth-order valence-corrected chi connectivity index (χ4v) is 5.57. The van der Waals surface area contributed by atoms with Crippen LogP contribution in [0.2, 0.25) is 0 Å². The van der Waals surface area contributed by atoms with Gasteiger partial charge in [-0.2, -0.15) is 4.31 Å². The van der Waals surface area contributed by atoms with E-state index in [1.807, 2.05) is 17.0 Å². The molecule has 0 bridgehead atoms. The van der Waals surface area contributed by atoms with Crippen LogP contribution in [0.5, 0.6) is 0 Å². The Morgan fingerprint density at radius 2 is 1.62 bits per heavy atom. The molecule has 2 aliphatic rings. The lowest BCUT2D eigenvalue weighted by atomic mass is 10.0. The first-order valence-corrected chi connectivity index (χ1v) is 13.2. The van der Waals surface area contributed by atoms with Crippen molar-refractivity contribution in [2.45, 2.75) is 31.1 Å². The van der Waals surface area contributed by atoms with Gasteiger partial charge in [-0.1, -0.05) is 26.0 Å². The van der Waals surface area contributed by atoms with E-state index in [9.17, 15) is 13.2 Å². The van der Waals surface area contributed by atoms with Gasteiger partial charge >= 0.3 is 0 Å².